The number of halogens is 3. The zero-order valence-corrected chi connectivity index (χ0v) is 15.3. The average Bonchev–Trinajstić information content (AvgIpc) is 2.99. The van der Waals surface area contributed by atoms with Crippen LogP contribution in [0.3, 0.4) is 0 Å². The quantitative estimate of drug-likeness (QED) is 0.445. The molecule has 2 heterocycles. The molecule has 4 rings (SSSR count). The molecule has 1 unspecified atom stereocenters. The number of carbonyl (C=O) groups is 3. The van der Waals surface area contributed by atoms with Gasteiger partial charge in [-0.15, -0.1) is 0 Å². The molecule has 4 amide bonds. The zero-order chi connectivity index (χ0) is 18.6. The summed E-state index contributed by atoms with van der Waals surface area (Å²) in [6.45, 7) is -0.0951. The highest BCUT2D eigenvalue weighted by Crippen LogP contribution is 2.44. The molecule has 26 heavy (non-hydrogen) atoms. The Bertz CT molecular complexity index is 985. The van der Waals surface area contributed by atoms with E-state index in [9.17, 15) is 18.8 Å². The summed E-state index contributed by atoms with van der Waals surface area (Å²) in [6, 6.07) is 10.2. The molecule has 1 atom stereocenters. The molecule has 1 saturated heterocycles. The molecule has 0 aromatic heterocycles. The van der Waals surface area contributed by atoms with E-state index in [1.54, 1.807) is 36.4 Å². The normalized spacial score (nSPS) is 21.6. The Labute approximate surface area is 160 Å². The summed E-state index contributed by atoms with van der Waals surface area (Å²) in [5, 5.41) is 2.39. The number of amides is 4. The molecule has 6 nitrogen and oxygen atoms in total. The van der Waals surface area contributed by atoms with Crippen molar-refractivity contribution < 1.29 is 18.8 Å². The Kier molecular flexibility index (Phi) is 3.78. The van der Waals surface area contributed by atoms with Crippen LogP contribution in [0, 0.1) is 5.82 Å². The van der Waals surface area contributed by atoms with Gasteiger partial charge in [-0.2, -0.15) is 4.42 Å². The lowest BCUT2D eigenvalue weighted by molar-refractivity contribution is -0.136. The van der Waals surface area contributed by atoms with E-state index in [-0.39, 0.29) is 12.1 Å². The second-order valence-corrected chi connectivity index (χ2v) is 7.16. The van der Waals surface area contributed by atoms with Gasteiger partial charge in [0, 0.05) is 27.4 Å². The molecule has 0 aliphatic carbocycles. The van der Waals surface area contributed by atoms with Crippen molar-refractivity contribution in [3.8, 4) is 0 Å². The largest absolute Gasteiger partial charge is 0.340 e. The average molecular weight is 439 g/mol. The van der Waals surface area contributed by atoms with Crippen LogP contribution in [0.4, 0.5) is 14.9 Å². The number of urea groups is 1. The van der Waals surface area contributed by atoms with Gasteiger partial charge in [0.25, 0.3) is 11.8 Å². The molecule has 1 fully saturated rings. The molecule has 0 bridgehead atoms. The number of fused-ring (bicyclic) bond motifs is 2. The van der Waals surface area contributed by atoms with Gasteiger partial charge in [0.2, 0.25) is 5.54 Å². The van der Waals surface area contributed by atoms with Crippen LogP contribution in [0.25, 0.3) is 0 Å². The van der Waals surface area contributed by atoms with Crippen LogP contribution in [0.15, 0.2) is 46.9 Å². The number of rotatable bonds is 2. The van der Waals surface area contributed by atoms with Crippen LogP contribution >= 0.6 is 27.7 Å². The van der Waals surface area contributed by atoms with Gasteiger partial charge in [-0.3, -0.25) is 9.59 Å². The minimum Gasteiger partial charge on any atom is -0.310 e. The second-order valence-electron chi connectivity index (χ2n) is 5.91. The van der Waals surface area contributed by atoms with E-state index in [1.165, 1.54) is 11.0 Å². The third-order valence-electron chi connectivity index (χ3n) is 4.48. The Morgan fingerprint density at radius 2 is 1.85 bits per heavy atom. The van der Waals surface area contributed by atoms with Crippen molar-refractivity contribution in [2.24, 2.45) is 0 Å². The molecule has 1 N–H and O–H groups in total. The summed E-state index contributed by atoms with van der Waals surface area (Å²) in [7, 11) is 0. The molecule has 2 aliphatic heterocycles. The summed E-state index contributed by atoms with van der Waals surface area (Å²) in [6.07, 6.45) is 0. The Hall–Kier alpha value is -2.45. The van der Waals surface area contributed by atoms with E-state index in [1.807, 2.05) is 0 Å². The van der Waals surface area contributed by atoms with E-state index >= 15 is 0 Å². The predicted molar refractivity (Wildman–Crippen MR) is 94.6 cm³/mol. The summed E-state index contributed by atoms with van der Waals surface area (Å²) >= 11 is 8.88. The minimum atomic E-state index is -1.92. The molecule has 2 aliphatic rings. The number of nitrogens with zero attached hydrogens (tertiary/aromatic N) is 2. The van der Waals surface area contributed by atoms with Crippen molar-refractivity contribution in [2.75, 3.05) is 4.90 Å². The molecule has 2 aromatic rings. The number of carbonyl (C=O) groups excluding carboxylic acids is 3. The number of benzene rings is 2. The van der Waals surface area contributed by atoms with Gasteiger partial charge in [-0.05, 0) is 18.2 Å². The van der Waals surface area contributed by atoms with Gasteiger partial charge in [-0.1, -0.05) is 40.2 Å². The third-order valence-corrected chi connectivity index (χ3v) is 5.28. The lowest BCUT2D eigenvalue weighted by Crippen LogP contribution is -2.52. The van der Waals surface area contributed by atoms with Crippen LogP contribution in [0.2, 0.25) is 0 Å². The number of hydrogen-bond acceptors (Lipinski definition) is 3. The Morgan fingerprint density at radius 1 is 1.12 bits per heavy atom. The number of imide groups is 1. The number of nitrogens with one attached hydrogen (secondary N) is 1. The molecular weight excluding hydrogens is 429 g/mol. The van der Waals surface area contributed by atoms with E-state index in [0.717, 1.165) is 0 Å². The zero-order valence-electron chi connectivity index (χ0n) is 13.0. The first-order valence-corrected chi connectivity index (χ1v) is 8.67. The maximum Gasteiger partial charge on any atom is 0.340 e. The highest BCUT2D eigenvalue weighted by atomic mass is 79.9. The topological polar surface area (TPSA) is 69.7 Å². The molecule has 0 saturated carbocycles. The second kappa shape index (κ2) is 5.78. The van der Waals surface area contributed by atoms with Crippen molar-refractivity contribution in [1.82, 2.24) is 9.74 Å². The SMILES string of the molecule is O=C1NC2(C(=O)N1Cl)C(=O)N(Cc1ccc(Br)cc1F)c1ccccc12. The first-order valence-electron chi connectivity index (χ1n) is 7.54. The van der Waals surface area contributed by atoms with Crippen molar-refractivity contribution in [1.29, 1.82) is 0 Å². The van der Waals surface area contributed by atoms with Crippen LogP contribution in [0.5, 0.6) is 0 Å². The first-order chi connectivity index (χ1) is 12.4. The highest BCUT2D eigenvalue weighted by Gasteiger charge is 2.64. The standard InChI is InChI=1S/C17H10BrClFN3O3/c18-10-6-5-9(12(20)7-10)8-22-13-4-2-1-3-11(13)17(14(22)24)15(25)23(19)16(26)21-17/h1-7H,8H2,(H,21,26). The molecule has 2 aromatic carbocycles. The highest BCUT2D eigenvalue weighted by molar-refractivity contribution is 9.10. The fourth-order valence-electron chi connectivity index (χ4n) is 3.26. The van der Waals surface area contributed by atoms with Crippen LogP contribution in [-0.4, -0.2) is 22.3 Å². The molecule has 132 valence electrons. The fraction of sp³-hybridized carbons (Fsp3) is 0.118. The van der Waals surface area contributed by atoms with Crippen LogP contribution in [-0.2, 0) is 21.7 Å². The van der Waals surface area contributed by atoms with Crippen molar-refractivity contribution in [3.63, 3.8) is 0 Å². The van der Waals surface area contributed by atoms with Gasteiger partial charge in [0.15, 0.2) is 0 Å². The predicted octanol–water partition coefficient (Wildman–Crippen LogP) is 3.04. The van der Waals surface area contributed by atoms with E-state index < -0.39 is 29.2 Å². The molecule has 0 radical (unpaired) electrons. The van der Waals surface area contributed by atoms with Crippen LogP contribution in [0.1, 0.15) is 11.1 Å². The lowest BCUT2D eigenvalue weighted by atomic mass is 9.91. The molecular formula is C17H10BrClFN3O3. The monoisotopic (exact) mass is 437 g/mol. The van der Waals surface area contributed by atoms with Crippen molar-refractivity contribution >= 4 is 51.2 Å². The van der Waals surface area contributed by atoms with Gasteiger partial charge in [0.05, 0.1) is 12.2 Å². The molecule has 9 heteroatoms. The first kappa shape index (κ1) is 17.0. The number of hydrogen-bond donors (Lipinski definition) is 1. The smallest absolute Gasteiger partial charge is 0.310 e. The van der Waals surface area contributed by atoms with Gasteiger partial charge in [-0.25, -0.2) is 9.18 Å². The van der Waals surface area contributed by atoms with E-state index in [0.29, 0.717) is 20.1 Å². The van der Waals surface area contributed by atoms with Crippen LogP contribution < -0.4 is 10.2 Å². The minimum absolute atomic E-state index is 0.0951. The number of anilines is 1. The van der Waals surface area contributed by atoms with Crippen molar-refractivity contribution in [2.45, 2.75) is 12.1 Å². The fourth-order valence-corrected chi connectivity index (χ4v) is 3.76. The lowest BCUT2D eigenvalue weighted by Gasteiger charge is -2.21. The summed E-state index contributed by atoms with van der Waals surface area (Å²) < 4.78 is 15.2. The maximum atomic E-state index is 14.2. The third kappa shape index (κ3) is 2.18. The van der Waals surface area contributed by atoms with Gasteiger partial charge < -0.3 is 10.2 Å². The van der Waals surface area contributed by atoms with E-state index in [4.69, 9.17) is 11.8 Å². The maximum absolute atomic E-state index is 14.2. The van der Waals surface area contributed by atoms with Gasteiger partial charge in [0.1, 0.15) is 5.82 Å². The number of para-hydroxylation sites is 1. The molecule has 1 spiro atoms. The van der Waals surface area contributed by atoms with E-state index in [2.05, 4.69) is 21.2 Å². The van der Waals surface area contributed by atoms with Crippen molar-refractivity contribution in [3.05, 3.63) is 63.9 Å². The summed E-state index contributed by atoms with van der Waals surface area (Å²) in [4.78, 5) is 38.9. The Balaban J connectivity index is 1.82. The van der Waals surface area contributed by atoms with Gasteiger partial charge >= 0.3 is 6.03 Å². The summed E-state index contributed by atoms with van der Waals surface area (Å²) in [5.74, 6) is -2.05. The summed E-state index contributed by atoms with van der Waals surface area (Å²) in [5.41, 5.74) is -0.918. The Morgan fingerprint density at radius 3 is 2.50 bits per heavy atom.